The molecule has 0 spiro atoms. The van der Waals surface area contributed by atoms with Gasteiger partial charge in [-0.1, -0.05) is 110 Å². The SMILES string of the molecule is CCCCCCCCCCCCCC(N)c1cccc(CC)c1CC. The molecule has 0 aromatic heterocycles. The Balaban J connectivity index is 2.14. The molecule has 0 fully saturated rings. The van der Waals surface area contributed by atoms with Crippen molar-refractivity contribution in [2.24, 2.45) is 5.73 Å². The Morgan fingerprint density at radius 1 is 0.720 bits per heavy atom. The third-order valence-corrected chi connectivity index (χ3v) is 5.56. The Kier molecular flexibility index (Phi) is 12.8. The third-order valence-electron chi connectivity index (χ3n) is 5.56. The quantitative estimate of drug-likeness (QED) is 0.327. The Labute approximate surface area is 157 Å². The maximum atomic E-state index is 6.52. The van der Waals surface area contributed by atoms with E-state index < -0.39 is 0 Å². The molecule has 1 rings (SSSR count). The summed E-state index contributed by atoms with van der Waals surface area (Å²) in [7, 11) is 0. The van der Waals surface area contributed by atoms with Crippen molar-refractivity contribution >= 4 is 0 Å². The Morgan fingerprint density at radius 3 is 1.80 bits per heavy atom. The van der Waals surface area contributed by atoms with Crippen LogP contribution in [0.2, 0.25) is 0 Å². The van der Waals surface area contributed by atoms with E-state index in [2.05, 4.69) is 39.0 Å². The summed E-state index contributed by atoms with van der Waals surface area (Å²) in [4.78, 5) is 0. The predicted octanol–water partition coefficient (Wildman–Crippen LogP) is 7.51. The molecule has 0 aliphatic carbocycles. The van der Waals surface area contributed by atoms with Crippen molar-refractivity contribution in [2.45, 2.75) is 117 Å². The fraction of sp³-hybridized carbons (Fsp3) is 0.750. The Bertz CT molecular complexity index is 438. The van der Waals surface area contributed by atoms with Gasteiger partial charge in [0, 0.05) is 6.04 Å². The number of hydrogen-bond donors (Lipinski definition) is 1. The first-order valence-electron chi connectivity index (χ1n) is 11.1. The lowest BCUT2D eigenvalue weighted by molar-refractivity contribution is 0.525. The molecular formula is C24H43N. The molecule has 1 aromatic rings. The van der Waals surface area contributed by atoms with Crippen LogP contribution in [-0.4, -0.2) is 0 Å². The molecule has 1 nitrogen and oxygen atoms in total. The molecule has 1 unspecified atom stereocenters. The number of aryl methyl sites for hydroxylation is 1. The van der Waals surface area contributed by atoms with Gasteiger partial charge >= 0.3 is 0 Å². The first kappa shape index (κ1) is 22.2. The highest BCUT2D eigenvalue weighted by atomic mass is 14.6. The summed E-state index contributed by atoms with van der Waals surface area (Å²) in [6.07, 6.45) is 18.7. The highest BCUT2D eigenvalue weighted by molar-refractivity contribution is 5.37. The van der Waals surface area contributed by atoms with E-state index in [9.17, 15) is 0 Å². The largest absolute Gasteiger partial charge is 0.324 e. The average molecular weight is 346 g/mol. The summed E-state index contributed by atoms with van der Waals surface area (Å²) in [5.41, 5.74) is 10.9. The Hall–Kier alpha value is -0.820. The van der Waals surface area contributed by atoms with Gasteiger partial charge in [-0.05, 0) is 36.0 Å². The second-order valence-electron chi connectivity index (χ2n) is 7.62. The number of unbranched alkanes of at least 4 members (excludes halogenated alkanes) is 10. The normalized spacial score (nSPS) is 12.5. The standard InChI is InChI=1S/C24H43N/c1-4-7-8-9-10-11-12-13-14-15-16-20-24(25)23-19-17-18-21(5-2)22(23)6-3/h17-19,24H,4-16,20,25H2,1-3H3. The second-order valence-corrected chi connectivity index (χ2v) is 7.62. The van der Waals surface area contributed by atoms with E-state index in [4.69, 9.17) is 5.73 Å². The van der Waals surface area contributed by atoms with E-state index in [1.165, 1.54) is 87.3 Å². The van der Waals surface area contributed by atoms with E-state index in [-0.39, 0.29) is 6.04 Å². The van der Waals surface area contributed by atoms with Crippen LogP contribution >= 0.6 is 0 Å². The summed E-state index contributed by atoms with van der Waals surface area (Å²) < 4.78 is 0. The predicted molar refractivity (Wildman–Crippen MR) is 113 cm³/mol. The van der Waals surface area contributed by atoms with E-state index in [1.807, 2.05) is 0 Å². The average Bonchev–Trinajstić information content (AvgIpc) is 2.65. The smallest absolute Gasteiger partial charge is 0.0297 e. The lowest BCUT2D eigenvalue weighted by atomic mass is 9.91. The molecule has 0 saturated heterocycles. The maximum absolute atomic E-state index is 6.52. The summed E-state index contributed by atoms with van der Waals surface area (Å²) in [5, 5.41) is 0. The van der Waals surface area contributed by atoms with Crippen molar-refractivity contribution in [1.82, 2.24) is 0 Å². The zero-order chi connectivity index (χ0) is 18.3. The van der Waals surface area contributed by atoms with Crippen LogP contribution in [0.5, 0.6) is 0 Å². The first-order valence-corrected chi connectivity index (χ1v) is 11.1. The van der Waals surface area contributed by atoms with Crippen LogP contribution in [0, 0.1) is 0 Å². The van der Waals surface area contributed by atoms with Gasteiger partial charge in [-0.15, -0.1) is 0 Å². The molecule has 0 saturated carbocycles. The van der Waals surface area contributed by atoms with Crippen molar-refractivity contribution < 1.29 is 0 Å². The zero-order valence-corrected chi connectivity index (χ0v) is 17.3. The van der Waals surface area contributed by atoms with E-state index >= 15 is 0 Å². The number of benzene rings is 1. The highest BCUT2D eigenvalue weighted by Gasteiger charge is 2.12. The lowest BCUT2D eigenvalue weighted by Gasteiger charge is -2.18. The number of nitrogens with two attached hydrogens (primary N) is 1. The lowest BCUT2D eigenvalue weighted by Crippen LogP contribution is -2.13. The van der Waals surface area contributed by atoms with Gasteiger partial charge in [0.05, 0.1) is 0 Å². The van der Waals surface area contributed by atoms with Crippen molar-refractivity contribution in [3.8, 4) is 0 Å². The molecule has 0 aliphatic rings. The highest BCUT2D eigenvalue weighted by Crippen LogP contribution is 2.25. The summed E-state index contributed by atoms with van der Waals surface area (Å²) in [6.45, 7) is 6.79. The van der Waals surface area contributed by atoms with Crippen LogP contribution in [0.25, 0.3) is 0 Å². The molecule has 1 aromatic carbocycles. The van der Waals surface area contributed by atoms with Crippen LogP contribution in [-0.2, 0) is 12.8 Å². The summed E-state index contributed by atoms with van der Waals surface area (Å²) >= 11 is 0. The van der Waals surface area contributed by atoms with E-state index in [0.29, 0.717) is 0 Å². The maximum Gasteiger partial charge on any atom is 0.0297 e. The van der Waals surface area contributed by atoms with Crippen molar-refractivity contribution in [2.75, 3.05) is 0 Å². The molecule has 1 heteroatoms. The van der Waals surface area contributed by atoms with Crippen LogP contribution in [0.15, 0.2) is 18.2 Å². The fourth-order valence-electron chi connectivity index (χ4n) is 3.95. The monoisotopic (exact) mass is 345 g/mol. The van der Waals surface area contributed by atoms with Gasteiger partial charge < -0.3 is 5.73 Å². The van der Waals surface area contributed by atoms with Gasteiger partial charge in [0.1, 0.15) is 0 Å². The topological polar surface area (TPSA) is 26.0 Å². The zero-order valence-electron chi connectivity index (χ0n) is 17.3. The fourth-order valence-corrected chi connectivity index (χ4v) is 3.95. The second kappa shape index (κ2) is 14.4. The summed E-state index contributed by atoms with van der Waals surface area (Å²) in [5.74, 6) is 0. The molecule has 144 valence electrons. The molecule has 2 N–H and O–H groups in total. The van der Waals surface area contributed by atoms with Crippen molar-refractivity contribution in [3.05, 3.63) is 34.9 Å². The van der Waals surface area contributed by atoms with E-state index in [0.717, 1.165) is 19.3 Å². The number of rotatable bonds is 15. The van der Waals surface area contributed by atoms with Gasteiger partial charge in [-0.25, -0.2) is 0 Å². The minimum absolute atomic E-state index is 0.222. The van der Waals surface area contributed by atoms with Gasteiger partial charge in [0.25, 0.3) is 0 Å². The molecule has 0 amide bonds. The minimum Gasteiger partial charge on any atom is -0.324 e. The van der Waals surface area contributed by atoms with Gasteiger partial charge in [0.15, 0.2) is 0 Å². The molecule has 1 atom stereocenters. The van der Waals surface area contributed by atoms with Gasteiger partial charge in [0.2, 0.25) is 0 Å². The van der Waals surface area contributed by atoms with Crippen LogP contribution in [0.4, 0.5) is 0 Å². The number of hydrogen-bond acceptors (Lipinski definition) is 1. The molecule has 0 aliphatic heterocycles. The molecular weight excluding hydrogens is 302 g/mol. The molecule has 0 heterocycles. The molecule has 0 bridgehead atoms. The van der Waals surface area contributed by atoms with Gasteiger partial charge in [-0.3, -0.25) is 0 Å². The minimum atomic E-state index is 0.222. The molecule has 0 radical (unpaired) electrons. The van der Waals surface area contributed by atoms with Crippen LogP contribution in [0.3, 0.4) is 0 Å². The van der Waals surface area contributed by atoms with Crippen LogP contribution in [0.1, 0.15) is 121 Å². The molecule has 25 heavy (non-hydrogen) atoms. The first-order chi connectivity index (χ1) is 12.2. The third kappa shape index (κ3) is 8.90. The van der Waals surface area contributed by atoms with Crippen molar-refractivity contribution in [1.29, 1.82) is 0 Å². The van der Waals surface area contributed by atoms with E-state index in [1.54, 1.807) is 0 Å². The summed E-state index contributed by atoms with van der Waals surface area (Å²) in [6, 6.07) is 6.92. The Morgan fingerprint density at radius 2 is 1.28 bits per heavy atom. The van der Waals surface area contributed by atoms with Crippen LogP contribution < -0.4 is 5.73 Å². The van der Waals surface area contributed by atoms with Gasteiger partial charge in [-0.2, -0.15) is 0 Å². The van der Waals surface area contributed by atoms with Crippen molar-refractivity contribution in [3.63, 3.8) is 0 Å².